The molecule has 2 aromatic carbocycles. The molecule has 1 aliphatic heterocycles. The van der Waals surface area contributed by atoms with Crippen LogP contribution in [0.2, 0.25) is 0 Å². The van der Waals surface area contributed by atoms with Gasteiger partial charge in [-0.25, -0.2) is 0 Å². The van der Waals surface area contributed by atoms with Gasteiger partial charge in [-0.2, -0.15) is 0 Å². The highest BCUT2D eigenvalue weighted by Gasteiger charge is 2.35. The number of ether oxygens (including phenoxy) is 2. The van der Waals surface area contributed by atoms with Gasteiger partial charge in [-0.1, -0.05) is 12.1 Å². The van der Waals surface area contributed by atoms with Crippen molar-refractivity contribution in [2.75, 3.05) is 32.2 Å². The lowest BCUT2D eigenvalue weighted by Crippen LogP contribution is -2.34. The molecule has 0 bridgehead atoms. The molecule has 1 saturated heterocycles. The third-order valence-electron chi connectivity index (χ3n) is 5.54. The number of nitrogens with one attached hydrogen (secondary N) is 1. The summed E-state index contributed by atoms with van der Waals surface area (Å²) in [6.07, 6.45) is 0.856. The number of carbonyl (C=O) groups is 2. The topological polar surface area (TPSA) is 67.9 Å². The molecule has 2 amide bonds. The Morgan fingerprint density at radius 3 is 2.69 bits per heavy atom. The van der Waals surface area contributed by atoms with Gasteiger partial charge in [-0.05, 0) is 61.2 Å². The van der Waals surface area contributed by atoms with E-state index in [4.69, 9.17) is 9.47 Å². The first-order valence-electron chi connectivity index (χ1n) is 9.79. The summed E-state index contributed by atoms with van der Waals surface area (Å²) in [5, 5.41) is 2.97. The predicted molar refractivity (Wildman–Crippen MR) is 113 cm³/mol. The number of hydrogen-bond donors (Lipinski definition) is 1. The van der Waals surface area contributed by atoms with Gasteiger partial charge >= 0.3 is 0 Å². The van der Waals surface area contributed by atoms with Crippen LogP contribution in [-0.2, 0) is 16.0 Å². The highest BCUT2D eigenvalue weighted by atomic mass is 16.5. The molecule has 6 heteroatoms. The SMILES string of the molecule is COc1ccc(OC)c(CCNC(=O)C2CC(=O)N(c3cccc(C)c3C)C2)c1. The molecule has 0 spiro atoms. The summed E-state index contributed by atoms with van der Waals surface area (Å²) >= 11 is 0. The first-order chi connectivity index (χ1) is 13.9. The van der Waals surface area contributed by atoms with Gasteiger partial charge in [-0.15, -0.1) is 0 Å². The van der Waals surface area contributed by atoms with Crippen LogP contribution in [-0.4, -0.2) is 39.1 Å². The standard InChI is InChI=1S/C23H28N2O4/c1-15-6-5-7-20(16(15)2)25-14-18(13-22(25)26)23(27)24-11-10-17-12-19(28-3)8-9-21(17)29-4/h5-9,12,18H,10-11,13-14H2,1-4H3,(H,24,27). The molecule has 1 N–H and O–H groups in total. The second kappa shape index (κ2) is 8.99. The minimum absolute atomic E-state index is 0.00619. The van der Waals surface area contributed by atoms with E-state index in [9.17, 15) is 9.59 Å². The molecular weight excluding hydrogens is 368 g/mol. The lowest BCUT2D eigenvalue weighted by atomic mass is 10.1. The lowest BCUT2D eigenvalue weighted by Gasteiger charge is -2.20. The van der Waals surface area contributed by atoms with Crippen LogP contribution in [0.15, 0.2) is 36.4 Å². The zero-order valence-corrected chi connectivity index (χ0v) is 17.5. The van der Waals surface area contributed by atoms with Crippen molar-refractivity contribution in [2.24, 2.45) is 5.92 Å². The van der Waals surface area contributed by atoms with Crippen LogP contribution < -0.4 is 19.7 Å². The van der Waals surface area contributed by atoms with E-state index in [0.29, 0.717) is 19.5 Å². The van der Waals surface area contributed by atoms with Gasteiger partial charge in [0.2, 0.25) is 11.8 Å². The van der Waals surface area contributed by atoms with Crippen LogP contribution in [0.1, 0.15) is 23.1 Å². The summed E-state index contributed by atoms with van der Waals surface area (Å²) in [4.78, 5) is 26.9. The van der Waals surface area contributed by atoms with Gasteiger partial charge in [0.15, 0.2) is 0 Å². The van der Waals surface area contributed by atoms with Crippen molar-refractivity contribution in [1.82, 2.24) is 5.32 Å². The highest BCUT2D eigenvalue weighted by molar-refractivity contribution is 6.00. The smallest absolute Gasteiger partial charge is 0.227 e. The van der Waals surface area contributed by atoms with E-state index < -0.39 is 0 Å². The Kier molecular flexibility index (Phi) is 6.42. The molecule has 154 valence electrons. The third kappa shape index (κ3) is 4.53. The lowest BCUT2D eigenvalue weighted by molar-refractivity contribution is -0.126. The first kappa shape index (κ1) is 20.7. The predicted octanol–water partition coefficient (Wildman–Crippen LogP) is 3.03. The summed E-state index contributed by atoms with van der Waals surface area (Å²) in [6.45, 7) is 4.91. The fraction of sp³-hybridized carbons (Fsp3) is 0.391. The fourth-order valence-electron chi connectivity index (χ4n) is 3.69. The Bertz CT molecular complexity index is 910. The molecule has 2 aromatic rings. The summed E-state index contributed by atoms with van der Waals surface area (Å²) < 4.78 is 10.6. The molecule has 0 saturated carbocycles. The monoisotopic (exact) mass is 396 g/mol. The van der Waals surface area contributed by atoms with Crippen LogP contribution >= 0.6 is 0 Å². The zero-order valence-electron chi connectivity index (χ0n) is 17.5. The number of aryl methyl sites for hydroxylation is 1. The summed E-state index contributed by atoms with van der Waals surface area (Å²) in [6, 6.07) is 11.5. The number of hydrogen-bond acceptors (Lipinski definition) is 4. The molecule has 0 aliphatic carbocycles. The van der Waals surface area contributed by atoms with Crippen molar-refractivity contribution in [1.29, 1.82) is 0 Å². The van der Waals surface area contributed by atoms with Crippen molar-refractivity contribution >= 4 is 17.5 Å². The van der Waals surface area contributed by atoms with Crippen molar-refractivity contribution in [2.45, 2.75) is 26.7 Å². The Morgan fingerprint density at radius 1 is 1.17 bits per heavy atom. The number of rotatable bonds is 7. The molecule has 0 radical (unpaired) electrons. The van der Waals surface area contributed by atoms with Crippen LogP contribution in [0.3, 0.4) is 0 Å². The van der Waals surface area contributed by atoms with Gasteiger partial charge in [0.05, 0.1) is 20.1 Å². The van der Waals surface area contributed by atoms with E-state index in [-0.39, 0.29) is 24.2 Å². The quantitative estimate of drug-likeness (QED) is 0.781. The highest BCUT2D eigenvalue weighted by Crippen LogP contribution is 2.29. The van der Waals surface area contributed by atoms with Crippen molar-refractivity contribution in [3.63, 3.8) is 0 Å². The molecule has 1 unspecified atom stereocenters. The number of anilines is 1. The molecule has 1 heterocycles. The summed E-state index contributed by atoms with van der Waals surface area (Å²) in [5.74, 6) is 1.07. The van der Waals surface area contributed by atoms with E-state index in [1.54, 1.807) is 19.1 Å². The van der Waals surface area contributed by atoms with E-state index >= 15 is 0 Å². The summed E-state index contributed by atoms with van der Waals surface area (Å²) in [5.41, 5.74) is 4.07. The molecule has 1 atom stereocenters. The van der Waals surface area contributed by atoms with E-state index in [0.717, 1.165) is 33.9 Å². The summed E-state index contributed by atoms with van der Waals surface area (Å²) in [7, 11) is 3.24. The number of methoxy groups -OCH3 is 2. The molecule has 1 fully saturated rings. The van der Waals surface area contributed by atoms with Crippen molar-refractivity contribution in [3.8, 4) is 11.5 Å². The Labute approximate surface area is 171 Å². The Hall–Kier alpha value is -3.02. The van der Waals surface area contributed by atoms with Gasteiger partial charge in [0, 0.05) is 25.2 Å². The molecule has 29 heavy (non-hydrogen) atoms. The van der Waals surface area contributed by atoms with Gasteiger partial charge in [-0.3, -0.25) is 9.59 Å². The average Bonchev–Trinajstić information content (AvgIpc) is 3.11. The number of carbonyl (C=O) groups excluding carboxylic acids is 2. The van der Waals surface area contributed by atoms with Gasteiger partial charge in [0.1, 0.15) is 11.5 Å². The van der Waals surface area contributed by atoms with Crippen LogP contribution in [0.4, 0.5) is 5.69 Å². The molecule has 6 nitrogen and oxygen atoms in total. The van der Waals surface area contributed by atoms with Gasteiger partial charge in [0.25, 0.3) is 0 Å². The van der Waals surface area contributed by atoms with Crippen molar-refractivity contribution < 1.29 is 19.1 Å². The minimum atomic E-state index is -0.338. The van der Waals surface area contributed by atoms with Crippen LogP contribution in [0.25, 0.3) is 0 Å². The maximum absolute atomic E-state index is 12.6. The zero-order chi connectivity index (χ0) is 21.0. The molecule has 0 aromatic heterocycles. The number of nitrogens with zero attached hydrogens (tertiary/aromatic N) is 1. The van der Waals surface area contributed by atoms with Crippen LogP contribution in [0, 0.1) is 19.8 Å². The maximum Gasteiger partial charge on any atom is 0.227 e. The average molecular weight is 396 g/mol. The van der Waals surface area contributed by atoms with Crippen LogP contribution in [0.5, 0.6) is 11.5 Å². The number of amides is 2. The minimum Gasteiger partial charge on any atom is -0.497 e. The first-order valence-corrected chi connectivity index (χ1v) is 9.79. The third-order valence-corrected chi connectivity index (χ3v) is 5.54. The van der Waals surface area contributed by atoms with Crippen molar-refractivity contribution in [3.05, 3.63) is 53.1 Å². The van der Waals surface area contributed by atoms with Gasteiger partial charge < -0.3 is 19.7 Å². The molecule has 3 rings (SSSR count). The molecular formula is C23H28N2O4. The number of benzene rings is 2. The second-order valence-corrected chi connectivity index (χ2v) is 7.34. The maximum atomic E-state index is 12.6. The largest absolute Gasteiger partial charge is 0.497 e. The fourth-order valence-corrected chi connectivity index (χ4v) is 3.69. The Balaban J connectivity index is 1.60. The molecule has 1 aliphatic rings. The normalized spacial score (nSPS) is 16.1. The van der Waals surface area contributed by atoms with E-state index in [2.05, 4.69) is 5.32 Å². The second-order valence-electron chi connectivity index (χ2n) is 7.34. The van der Waals surface area contributed by atoms with E-state index in [1.807, 2.05) is 50.2 Å². The van der Waals surface area contributed by atoms with E-state index in [1.165, 1.54) is 0 Å². The Morgan fingerprint density at radius 2 is 1.97 bits per heavy atom.